The summed E-state index contributed by atoms with van der Waals surface area (Å²) in [4.78, 5) is 16.4. The van der Waals surface area contributed by atoms with Crippen LogP contribution in [0.1, 0.15) is 6.92 Å². The van der Waals surface area contributed by atoms with E-state index in [0.717, 1.165) is 5.39 Å². The van der Waals surface area contributed by atoms with E-state index in [0.29, 0.717) is 34.4 Å². The molecule has 0 bridgehead atoms. The van der Waals surface area contributed by atoms with Crippen LogP contribution in [0.25, 0.3) is 10.9 Å². The number of benzene rings is 2. The standard InChI is InChI=1S/C19H16ClNO4/c1-2-23-15-7-3-4-8-16(15)24-12-18(22)25-17-10-9-14(20)13-6-5-11-21-19(13)17/h3-11H,2,12H2,1H3. The normalized spacial score (nSPS) is 10.5. The molecular weight excluding hydrogens is 342 g/mol. The van der Waals surface area contributed by atoms with E-state index in [4.69, 9.17) is 25.8 Å². The molecule has 128 valence electrons. The number of carbonyl (C=O) groups is 1. The SMILES string of the molecule is CCOc1ccccc1OCC(=O)Oc1ccc(Cl)c2cccnc12. The highest BCUT2D eigenvalue weighted by Gasteiger charge is 2.13. The number of fused-ring (bicyclic) bond motifs is 1. The van der Waals surface area contributed by atoms with Crippen LogP contribution in [-0.4, -0.2) is 24.2 Å². The molecule has 0 spiro atoms. The van der Waals surface area contributed by atoms with Crippen LogP contribution >= 0.6 is 11.6 Å². The molecule has 2 aromatic carbocycles. The van der Waals surface area contributed by atoms with Crippen molar-refractivity contribution in [1.29, 1.82) is 0 Å². The highest BCUT2D eigenvalue weighted by Crippen LogP contribution is 2.30. The summed E-state index contributed by atoms with van der Waals surface area (Å²) in [6.07, 6.45) is 1.62. The molecule has 0 aliphatic carbocycles. The lowest BCUT2D eigenvalue weighted by molar-refractivity contribution is -0.136. The summed E-state index contributed by atoms with van der Waals surface area (Å²) >= 11 is 6.13. The second-order valence-electron chi connectivity index (χ2n) is 5.09. The zero-order chi connectivity index (χ0) is 17.6. The van der Waals surface area contributed by atoms with E-state index in [9.17, 15) is 4.79 Å². The van der Waals surface area contributed by atoms with Gasteiger partial charge in [0.25, 0.3) is 0 Å². The fourth-order valence-electron chi connectivity index (χ4n) is 2.33. The molecule has 3 aromatic rings. The van der Waals surface area contributed by atoms with E-state index < -0.39 is 5.97 Å². The van der Waals surface area contributed by atoms with Crippen molar-refractivity contribution >= 4 is 28.5 Å². The predicted molar refractivity (Wildman–Crippen MR) is 95.5 cm³/mol. The fourth-order valence-corrected chi connectivity index (χ4v) is 2.54. The van der Waals surface area contributed by atoms with Crippen LogP contribution in [0, 0.1) is 0 Å². The predicted octanol–water partition coefficient (Wildman–Crippen LogP) is 4.27. The second-order valence-corrected chi connectivity index (χ2v) is 5.49. The number of para-hydroxylation sites is 2. The summed E-state index contributed by atoms with van der Waals surface area (Å²) in [5, 5.41) is 1.27. The number of pyridine rings is 1. The minimum atomic E-state index is -0.541. The monoisotopic (exact) mass is 357 g/mol. The molecule has 25 heavy (non-hydrogen) atoms. The summed E-state index contributed by atoms with van der Waals surface area (Å²) in [6.45, 7) is 2.14. The van der Waals surface area contributed by atoms with Gasteiger partial charge in [-0.05, 0) is 43.3 Å². The Morgan fingerprint density at radius 3 is 2.52 bits per heavy atom. The second kappa shape index (κ2) is 7.85. The zero-order valence-electron chi connectivity index (χ0n) is 13.6. The molecule has 1 heterocycles. The first-order chi connectivity index (χ1) is 12.2. The largest absolute Gasteiger partial charge is 0.490 e. The molecule has 0 saturated heterocycles. The molecule has 5 nitrogen and oxygen atoms in total. The van der Waals surface area contributed by atoms with Gasteiger partial charge in [-0.25, -0.2) is 4.79 Å². The van der Waals surface area contributed by atoms with Gasteiger partial charge in [0.2, 0.25) is 0 Å². The first-order valence-corrected chi connectivity index (χ1v) is 8.15. The molecule has 0 aliphatic heterocycles. The quantitative estimate of drug-likeness (QED) is 0.487. The Kier molecular flexibility index (Phi) is 5.36. The minimum absolute atomic E-state index is 0.249. The molecule has 0 amide bonds. The highest BCUT2D eigenvalue weighted by atomic mass is 35.5. The lowest BCUT2D eigenvalue weighted by Gasteiger charge is -2.12. The van der Waals surface area contributed by atoms with Gasteiger partial charge < -0.3 is 14.2 Å². The molecule has 0 saturated carbocycles. The Balaban J connectivity index is 1.71. The number of ether oxygens (including phenoxy) is 3. The summed E-state index contributed by atoms with van der Waals surface area (Å²) in [7, 11) is 0. The van der Waals surface area contributed by atoms with Crippen LogP contribution in [0.5, 0.6) is 17.2 Å². The van der Waals surface area contributed by atoms with Gasteiger partial charge in [-0.2, -0.15) is 0 Å². The van der Waals surface area contributed by atoms with E-state index in [1.807, 2.05) is 19.1 Å². The first kappa shape index (κ1) is 17.0. The van der Waals surface area contributed by atoms with Crippen LogP contribution in [0.3, 0.4) is 0 Å². The number of esters is 1. The van der Waals surface area contributed by atoms with Crippen LogP contribution in [0.15, 0.2) is 54.7 Å². The van der Waals surface area contributed by atoms with Crippen molar-refractivity contribution in [2.45, 2.75) is 6.92 Å². The molecule has 0 atom stereocenters. The molecular formula is C19H16ClNO4. The van der Waals surface area contributed by atoms with Crippen LogP contribution < -0.4 is 14.2 Å². The minimum Gasteiger partial charge on any atom is -0.490 e. The fraction of sp³-hybridized carbons (Fsp3) is 0.158. The average molecular weight is 358 g/mol. The Morgan fingerprint density at radius 2 is 1.76 bits per heavy atom. The van der Waals surface area contributed by atoms with Gasteiger partial charge in [0, 0.05) is 11.6 Å². The topological polar surface area (TPSA) is 57.7 Å². The maximum Gasteiger partial charge on any atom is 0.349 e. The van der Waals surface area contributed by atoms with Crippen LogP contribution in [-0.2, 0) is 4.79 Å². The number of rotatable bonds is 6. The first-order valence-electron chi connectivity index (χ1n) is 7.77. The molecule has 0 N–H and O–H groups in total. The van der Waals surface area contributed by atoms with Crippen molar-refractivity contribution in [1.82, 2.24) is 4.98 Å². The maximum absolute atomic E-state index is 12.1. The third-order valence-corrected chi connectivity index (χ3v) is 3.73. The molecule has 0 unspecified atom stereocenters. The van der Waals surface area contributed by atoms with E-state index in [-0.39, 0.29) is 6.61 Å². The van der Waals surface area contributed by atoms with Crippen LogP contribution in [0.4, 0.5) is 0 Å². The molecule has 0 aliphatic rings. The number of halogens is 1. The van der Waals surface area contributed by atoms with E-state index in [2.05, 4.69) is 4.98 Å². The van der Waals surface area contributed by atoms with Gasteiger partial charge in [-0.3, -0.25) is 4.98 Å². The Morgan fingerprint density at radius 1 is 1.00 bits per heavy atom. The van der Waals surface area contributed by atoms with Crippen molar-refractivity contribution in [3.63, 3.8) is 0 Å². The van der Waals surface area contributed by atoms with Gasteiger partial charge in [0.15, 0.2) is 23.9 Å². The van der Waals surface area contributed by atoms with Crippen molar-refractivity contribution < 1.29 is 19.0 Å². The smallest absolute Gasteiger partial charge is 0.349 e. The lowest BCUT2D eigenvalue weighted by Crippen LogP contribution is -2.18. The van der Waals surface area contributed by atoms with E-state index >= 15 is 0 Å². The van der Waals surface area contributed by atoms with Crippen molar-refractivity contribution in [2.75, 3.05) is 13.2 Å². The van der Waals surface area contributed by atoms with Gasteiger partial charge in [-0.1, -0.05) is 23.7 Å². The van der Waals surface area contributed by atoms with Gasteiger partial charge in [-0.15, -0.1) is 0 Å². The third-order valence-electron chi connectivity index (χ3n) is 3.40. The molecule has 1 aromatic heterocycles. The van der Waals surface area contributed by atoms with Crippen molar-refractivity contribution in [3.8, 4) is 17.2 Å². The number of nitrogens with zero attached hydrogens (tertiary/aromatic N) is 1. The highest BCUT2D eigenvalue weighted by molar-refractivity contribution is 6.35. The molecule has 0 fully saturated rings. The summed E-state index contributed by atoms with van der Waals surface area (Å²) in [6, 6.07) is 14.0. The Hall–Kier alpha value is -2.79. The van der Waals surface area contributed by atoms with Gasteiger partial charge in [0.1, 0.15) is 5.52 Å². The number of hydrogen-bond acceptors (Lipinski definition) is 5. The maximum atomic E-state index is 12.1. The van der Waals surface area contributed by atoms with Gasteiger partial charge >= 0.3 is 5.97 Å². The van der Waals surface area contributed by atoms with Crippen LogP contribution in [0.2, 0.25) is 5.02 Å². The van der Waals surface area contributed by atoms with E-state index in [1.165, 1.54) is 0 Å². The molecule has 0 radical (unpaired) electrons. The Labute approximate surface area is 150 Å². The number of carbonyl (C=O) groups excluding carboxylic acids is 1. The van der Waals surface area contributed by atoms with Crippen molar-refractivity contribution in [3.05, 3.63) is 59.8 Å². The van der Waals surface area contributed by atoms with Gasteiger partial charge in [0.05, 0.1) is 11.6 Å². The number of hydrogen-bond donors (Lipinski definition) is 0. The van der Waals surface area contributed by atoms with E-state index in [1.54, 1.807) is 42.6 Å². The third kappa shape index (κ3) is 4.00. The molecule has 3 rings (SSSR count). The molecule has 6 heteroatoms. The Bertz CT molecular complexity index is 897. The lowest BCUT2D eigenvalue weighted by atomic mass is 10.2. The zero-order valence-corrected chi connectivity index (χ0v) is 14.3. The summed E-state index contributed by atoms with van der Waals surface area (Å²) < 4.78 is 16.3. The summed E-state index contributed by atoms with van der Waals surface area (Å²) in [5.41, 5.74) is 0.526. The average Bonchev–Trinajstić information content (AvgIpc) is 2.64. The summed E-state index contributed by atoms with van der Waals surface area (Å²) in [5.74, 6) is 0.865. The number of aromatic nitrogens is 1. The van der Waals surface area contributed by atoms with Crippen molar-refractivity contribution in [2.24, 2.45) is 0 Å².